The summed E-state index contributed by atoms with van der Waals surface area (Å²) >= 11 is 5.67. The average molecular weight is 300 g/mol. The number of rotatable bonds is 2. The zero-order valence-corrected chi connectivity index (χ0v) is 11.1. The first-order valence-corrected chi connectivity index (χ1v) is 5.98. The SMILES string of the molecule is Cc1ccc(NC(=O)c2cc(F)c(F)cc2Cl)c(F)c1. The van der Waals surface area contributed by atoms with E-state index < -0.39 is 23.4 Å². The Morgan fingerprint density at radius 1 is 1.05 bits per heavy atom. The molecule has 1 N–H and O–H groups in total. The van der Waals surface area contributed by atoms with E-state index in [-0.39, 0.29) is 16.3 Å². The monoisotopic (exact) mass is 299 g/mol. The summed E-state index contributed by atoms with van der Waals surface area (Å²) in [7, 11) is 0. The molecule has 0 spiro atoms. The molecule has 0 saturated heterocycles. The van der Waals surface area contributed by atoms with Crippen molar-refractivity contribution in [3.05, 3.63) is 63.9 Å². The van der Waals surface area contributed by atoms with Gasteiger partial charge in [0.05, 0.1) is 16.3 Å². The topological polar surface area (TPSA) is 29.1 Å². The van der Waals surface area contributed by atoms with Crippen molar-refractivity contribution in [1.29, 1.82) is 0 Å². The van der Waals surface area contributed by atoms with Gasteiger partial charge in [-0.05, 0) is 36.8 Å². The van der Waals surface area contributed by atoms with Gasteiger partial charge in [-0.15, -0.1) is 0 Å². The van der Waals surface area contributed by atoms with Gasteiger partial charge in [0, 0.05) is 0 Å². The van der Waals surface area contributed by atoms with Crippen molar-refractivity contribution in [3.8, 4) is 0 Å². The third kappa shape index (κ3) is 2.93. The molecule has 0 aliphatic carbocycles. The summed E-state index contributed by atoms with van der Waals surface area (Å²) in [5, 5.41) is 2.00. The van der Waals surface area contributed by atoms with Crippen molar-refractivity contribution < 1.29 is 18.0 Å². The fourth-order valence-electron chi connectivity index (χ4n) is 1.61. The van der Waals surface area contributed by atoms with Gasteiger partial charge in [0.25, 0.3) is 5.91 Å². The molecule has 0 aliphatic heterocycles. The first-order valence-electron chi connectivity index (χ1n) is 5.60. The third-order valence-corrected chi connectivity index (χ3v) is 2.94. The molecule has 2 aromatic carbocycles. The van der Waals surface area contributed by atoms with Crippen molar-refractivity contribution >= 4 is 23.2 Å². The molecule has 0 heterocycles. The number of amides is 1. The lowest BCUT2D eigenvalue weighted by Gasteiger charge is -2.08. The highest BCUT2D eigenvalue weighted by molar-refractivity contribution is 6.34. The highest BCUT2D eigenvalue weighted by Gasteiger charge is 2.16. The predicted octanol–water partition coefficient (Wildman–Crippen LogP) is 4.32. The number of hydrogen-bond acceptors (Lipinski definition) is 1. The van der Waals surface area contributed by atoms with Crippen molar-refractivity contribution in [2.45, 2.75) is 6.92 Å². The van der Waals surface area contributed by atoms with Crippen LogP contribution in [0, 0.1) is 24.4 Å². The zero-order valence-electron chi connectivity index (χ0n) is 10.3. The number of halogens is 4. The molecule has 6 heteroatoms. The van der Waals surface area contributed by atoms with Crippen LogP contribution in [0.25, 0.3) is 0 Å². The molecule has 2 aromatic rings. The predicted molar refractivity (Wildman–Crippen MR) is 70.5 cm³/mol. The van der Waals surface area contributed by atoms with Crippen LogP contribution in [0.3, 0.4) is 0 Å². The number of hydrogen-bond donors (Lipinski definition) is 1. The lowest BCUT2D eigenvalue weighted by Crippen LogP contribution is -2.14. The maximum atomic E-state index is 13.6. The highest BCUT2D eigenvalue weighted by Crippen LogP contribution is 2.22. The summed E-state index contributed by atoms with van der Waals surface area (Å²) in [6.45, 7) is 1.70. The van der Waals surface area contributed by atoms with Gasteiger partial charge < -0.3 is 5.32 Å². The Morgan fingerprint density at radius 3 is 2.35 bits per heavy atom. The normalized spacial score (nSPS) is 10.4. The minimum atomic E-state index is -1.20. The maximum absolute atomic E-state index is 13.6. The number of anilines is 1. The molecule has 2 nitrogen and oxygen atoms in total. The van der Waals surface area contributed by atoms with Gasteiger partial charge in [-0.1, -0.05) is 17.7 Å². The molecule has 0 aliphatic rings. The molecular formula is C14H9ClF3NO. The second-order valence-corrected chi connectivity index (χ2v) is 4.59. The Balaban J connectivity index is 2.31. The molecule has 104 valence electrons. The van der Waals surface area contributed by atoms with E-state index in [4.69, 9.17) is 11.6 Å². The molecule has 0 unspecified atom stereocenters. The molecule has 0 radical (unpaired) electrons. The molecule has 1 amide bonds. The zero-order chi connectivity index (χ0) is 14.9. The number of benzene rings is 2. The van der Waals surface area contributed by atoms with E-state index in [9.17, 15) is 18.0 Å². The molecule has 0 saturated carbocycles. The lowest BCUT2D eigenvalue weighted by molar-refractivity contribution is 0.102. The Bertz CT molecular complexity index is 688. The van der Waals surface area contributed by atoms with Crippen LogP contribution in [0.5, 0.6) is 0 Å². The first-order chi connectivity index (χ1) is 9.38. The van der Waals surface area contributed by atoms with Crippen molar-refractivity contribution in [1.82, 2.24) is 0 Å². The van der Waals surface area contributed by atoms with Crippen LogP contribution in [-0.4, -0.2) is 5.91 Å². The third-order valence-electron chi connectivity index (χ3n) is 2.63. The fraction of sp³-hybridized carbons (Fsp3) is 0.0714. The second-order valence-electron chi connectivity index (χ2n) is 4.18. The Labute approximate surface area is 118 Å². The maximum Gasteiger partial charge on any atom is 0.257 e. The van der Waals surface area contributed by atoms with Crippen LogP contribution in [0.1, 0.15) is 15.9 Å². The molecular weight excluding hydrogens is 291 g/mol. The van der Waals surface area contributed by atoms with Crippen LogP contribution in [-0.2, 0) is 0 Å². The van der Waals surface area contributed by atoms with E-state index >= 15 is 0 Å². The molecule has 2 rings (SSSR count). The molecule has 0 bridgehead atoms. The minimum Gasteiger partial charge on any atom is -0.319 e. The number of nitrogens with one attached hydrogen (secondary N) is 1. The lowest BCUT2D eigenvalue weighted by atomic mass is 10.1. The Hall–Kier alpha value is -2.01. The van der Waals surface area contributed by atoms with Crippen LogP contribution in [0.15, 0.2) is 30.3 Å². The molecule has 0 aromatic heterocycles. The van der Waals surface area contributed by atoms with E-state index in [0.29, 0.717) is 17.7 Å². The van der Waals surface area contributed by atoms with Gasteiger partial charge in [0.2, 0.25) is 0 Å². The standard InChI is InChI=1S/C14H9ClF3NO/c1-7-2-3-13(12(18)4-7)19-14(20)8-5-10(16)11(17)6-9(8)15/h2-6H,1H3,(H,19,20). The number of aryl methyl sites for hydroxylation is 1. The Morgan fingerprint density at radius 2 is 1.70 bits per heavy atom. The number of carbonyl (C=O) groups excluding carboxylic acids is 1. The number of carbonyl (C=O) groups is 1. The minimum absolute atomic E-state index is 0.0681. The molecule has 20 heavy (non-hydrogen) atoms. The quantitative estimate of drug-likeness (QED) is 0.822. The summed E-state index contributed by atoms with van der Waals surface area (Å²) in [6.07, 6.45) is 0. The molecule has 0 fully saturated rings. The van der Waals surface area contributed by atoms with Crippen LogP contribution in [0.4, 0.5) is 18.9 Å². The van der Waals surface area contributed by atoms with Crippen LogP contribution in [0.2, 0.25) is 5.02 Å². The van der Waals surface area contributed by atoms with E-state index in [1.165, 1.54) is 12.1 Å². The fourth-order valence-corrected chi connectivity index (χ4v) is 1.84. The first kappa shape index (κ1) is 14.4. The van der Waals surface area contributed by atoms with Crippen molar-refractivity contribution in [2.24, 2.45) is 0 Å². The highest BCUT2D eigenvalue weighted by atomic mass is 35.5. The van der Waals surface area contributed by atoms with E-state index in [2.05, 4.69) is 5.32 Å². The van der Waals surface area contributed by atoms with Crippen LogP contribution < -0.4 is 5.32 Å². The second kappa shape index (κ2) is 5.54. The van der Waals surface area contributed by atoms with E-state index in [0.717, 1.165) is 0 Å². The Kier molecular flexibility index (Phi) is 3.99. The van der Waals surface area contributed by atoms with Crippen molar-refractivity contribution in [2.75, 3.05) is 5.32 Å². The van der Waals surface area contributed by atoms with Gasteiger partial charge in [-0.3, -0.25) is 4.79 Å². The average Bonchev–Trinajstić information content (AvgIpc) is 2.37. The van der Waals surface area contributed by atoms with Crippen molar-refractivity contribution in [3.63, 3.8) is 0 Å². The van der Waals surface area contributed by atoms with E-state index in [1.54, 1.807) is 13.0 Å². The van der Waals surface area contributed by atoms with Gasteiger partial charge in [0.1, 0.15) is 5.82 Å². The van der Waals surface area contributed by atoms with Gasteiger partial charge >= 0.3 is 0 Å². The van der Waals surface area contributed by atoms with Crippen LogP contribution >= 0.6 is 11.6 Å². The van der Waals surface area contributed by atoms with Gasteiger partial charge in [0.15, 0.2) is 11.6 Å². The smallest absolute Gasteiger partial charge is 0.257 e. The molecule has 0 atom stereocenters. The largest absolute Gasteiger partial charge is 0.319 e. The summed E-state index contributed by atoms with van der Waals surface area (Å²) in [6, 6.07) is 5.57. The summed E-state index contributed by atoms with van der Waals surface area (Å²) < 4.78 is 39.6. The summed E-state index contributed by atoms with van der Waals surface area (Å²) in [5.74, 6) is -3.81. The summed E-state index contributed by atoms with van der Waals surface area (Å²) in [4.78, 5) is 11.9. The van der Waals surface area contributed by atoms with Gasteiger partial charge in [-0.25, -0.2) is 13.2 Å². The summed E-state index contributed by atoms with van der Waals surface area (Å²) in [5.41, 5.74) is 0.346. The van der Waals surface area contributed by atoms with Gasteiger partial charge in [-0.2, -0.15) is 0 Å². The van der Waals surface area contributed by atoms with E-state index in [1.807, 2.05) is 0 Å².